The minimum Gasteiger partial charge on any atom is -0.367 e. The van der Waals surface area contributed by atoms with Crippen LogP contribution in [0.2, 0.25) is 0 Å². The van der Waals surface area contributed by atoms with Gasteiger partial charge in [0.2, 0.25) is 0 Å². The quantitative estimate of drug-likeness (QED) is 0.573. The molecule has 0 bridgehead atoms. The molecule has 7 heteroatoms. The van der Waals surface area contributed by atoms with Crippen LogP contribution in [0, 0.1) is 0 Å². The Hall–Kier alpha value is 0.640. The zero-order chi connectivity index (χ0) is 9.12. The number of hydrogen-bond acceptors (Lipinski definition) is 1. The van der Waals surface area contributed by atoms with Crippen LogP contribution in [-0.2, 0) is 4.74 Å². The van der Waals surface area contributed by atoms with E-state index in [1.54, 1.807) is 0 Å². The fraction of sp³-hybridized carbons (Fsp3) is 1.00. The minimum atomic E-state index is -3.24. The third-order valence-electron chi connectivity index (χ3n) is 0.531. The fourth-order valence-corrected chi connectivity index (χ4v) is 0.606. The van der Waals surface area contributed by atoms with Crippen LogP contribution in [0.5, 0.6) is 0 Å². The second kappa shape index (κ2) is 4.04. The van der Waals surface area contributed by atoms with Crippen molar-refractivity contribution < 1.29 is 22.3 Å². The molecule has 0 aromatic carbocycles. The van der Waals surface area contributed by atoms with E-state index < -0.39 is 22.9 Å². The van der Waals surface area contributed by atoms with Crippen molar-refractivity contribution in [3.63, 3.8) is 0 Å². The number of rotatable bonds is 4. The Morgan fingerprint density at radius 3 is 1.36 bits per heavy atom. The molecule has 0 fully saturated rings. The number of hydrogen-bond donors (Lipinski definition) is 0. The zero-order valence-corrected chi connectivity index (χ0v) is 8.26. The first-order valence-electron chi connectivity index (χ1n) is 2.42. The summed E-state index contributed by atoms with van der Waals surface area (Å²) in [7, 11) is 0. The number of ether oxygens (including phenoxy) is 1. The van der Waals surface area contributed by atoms with E-state index in [2.05, 4.69) is 4.74 Å². The van der Waals surface area contributed by atoms with Crippen molar-refractivity contribution in [2.75, 3.05) is 13.2 Å². The average molecular weight is 304 g/mol. The standard InChI is InChI=1S/C4H4Br2F4O/c5-3(7,8)1-11-2-4(6,9)10/h1-2H2. The van der Waals surface area contributed by atoms with Crippen molar-refractivity contribution in [3.8, 4) is 0 Å². The van der Waals surface area contributed by atoms with E-state index in [-0.39, 0.29) is 0 Å². The Balaban J connectivity index is 3.44. The molecule has 0 N–H and O–H groups in total. The van der Waals surface area contributed by atoms with Crippen LogP contribution in [-0.4, -0.2) is 22.9 Å². The van der Waals surface area contributed by atoms with Gasteiger partial charge in [0.15, 0.2) is 0 Å². The van der Waals surface area contributed by atoms with Crippen molar-refractivity contribution >= 4 is 31.9 Å². The van der Waals surface area contributed by atoms with E-state index in [1.807, 2.05) is 31.9 Å². The second-order valence-electron chi connectivity index (χ2n) is 1.72. The van der Waals surface area contributed by atoms with Crippen molar-refractivity contribution in [3.05, 3.63) is 0 Å². The molecule has 0 heterocycles. The molecule has 0 aromatic heterocycles. The highest BCUT2D eigenvalue weighted by atomic mass is 79.9. The monoisotopic (exact) mass is 302 g/mol. The van der Waals surface area contributed by atoms with Gasteiger partial charge in [0.25, 0.3) is 0 Å². The lowest BCUT2D eigenvalue weighted by Crippen LogP contribution is -2.21. The second-order valence-corrected chi connectivity index (χ2v) is 4.04. The van der Waals surface area contributed by atoms with Gasteiger partial charge in [0, 0.05) is 0 Å². The first-order valence-corrected chi connectivity index (χ1v) is 4.00. The largest absolute Gasteiger partial charge is 0.367 e. The predicted molar refractivity (Wildman–Crippen MR) is 38.6 cm³/mol. The molecule has 0 unspecified atom stereocenters. The highest BCUT2D eigenvalue weighted by Gasteiger charge is 2.29. The summed E-state index contributed by atoms with van der Waals surface area (Å²) in [6.45, 7) is -2.15. The van der Waals surface area contributed by atoms with Crippen molar-refractivity contribution in [1.29, 1.82) is 0 Å². The normalized spacial score (nSPS) is 13.6. The topological polar surface area (TPSA) is 9.23 Å². The molecule has 0 atom stereocenters. The molecule has 68 valence electrons. The Morgan fingerprint density at radius 1 is 0.909 bits per heavy atom. The van der Waals surface area contributed by atoms with E-state index >= 15 is 0 Å². The third-order valence-corrected chi connectivity index (χ3v) is 0.989. The maximum Gasteiger partial charge on any atom is 0.324 e. The van der Waals surface area contributed by atoms with Crippen LogP contribution in [0.25, 0.3) is 0 Å². The lowest BCUT2D eigenvalue weighted by Gasteiger charge is -2.11. The highest BCUT2D eigenvalue weighted by Crippen LogP contribution is 2.25. The first kappa shape index (κ1) is 11.6. The Labute approximate surface area is 77.3 Å². The summed E-state index contributed by atoms with van der Waals surface area (Å²) in [6.07, 6.45) is 0. The third kappa shape index (κ3) is 10.6. The summed E-state index contributed by atoms with van der Waals surface area (Å²) in [5.41, 5.74) is 0. The minimum absolute atomic E-state index is 1.08. The van der Waals surface area contributed by atoms with Crippen LogP contribution in [0.1, 0.15) is 0 Å². The Morgan fingerprint density at radius 2 is 1.18 bits per heavy atom. The smallest absolute Gasteiger partial charge is 0.324 e. The van der Waals surface area contributed by atoms with Crippen molar-refractivity contribution in [2.45, 2.75) is 9.66 Å². The lowest BCUT2D eigenvalue weighted by atomic mass is 10.7. The molecular formula is C4H4Br2F4O. The molecular weight excluding hydrogens is 300 g/mol. The van der Waals surface area contributed by atoms with Gasteiger partial charge in [-0.2, -0.15) is 17.6 Å². The average Bonchev–Trinajstić information content (AvgIpc) is 1.55. The van der Waals surface area contributed by atoms with Gasteiger partial charge in [-0.3, -0.25) is 0 Å². The molecule has 0 aromatic rings. The fourth-order valence-electron chi connectivity index (χ4n) is 0.282. The molecule has 0 saturated carbocycles. The van der Waals surface area contributed by atoms with E-state index in [0.29, 0.717) is 0 Å². The molecule has 0 aliphatic rings. The van der Waals surface area contributed by atoms with E-state index in [9.17, 15) is 17.6 Å². The lowest BCUT2D eigenvalue weighted by molar-refractivity contribution is -0.0526. The molecule has 0 rings (SSSR count). The molecule has 0 aliphatic heterocycles. The summed E-state index contributed by atoms with van der Waals surface area (Å²) in [4.78, 5) is -6.49. The molecule has 0 saturated heterocycles. The zero-order valence-electron chi connectivity index (χ0n) is 5.09. The summed E-state index contributed by atoms with van der Waals surface area (Å²) in [5.74, 6) is 0. The van der Waals surface area contributed by atoms with Crippen LogP contribution in [0.4, 0.5) is 17.6 Å². The van der Waals surface area contributed by atoms with E-state index in [0.717, 1.165) is 0 Å². The van der Waals surface area contributed by atoms with Gasteiger partial charge >= 0.3 is 9.66 Å². The van der Waals surface area contributed by atoms with Crippen LogP contribution < -0.4 is 0 Å². The number of halogens is 6. The summed E-state index contributed by atoms with van der Waals surface area (Å²) in [6, 6.07) is 0. The maximum atomic E-state index is 11.8. The van der Waals surface area contributed by atoms with Crippen LogP contribution in [0.3, 0.4) is 0 Å². The first-order chi connectivity index (χ1) is 4.71. The van der Waals surface area contributed by atoms with E-state index in [1.165, 1.54) is 0 Å². The van der Waals surface area contributed by atoms with Crippen molar-refractivity contribution in [1.82, 2.24) is 0 Å². The van der Waals surface area contributed by atoms with Gasteiger partial charge in [-0.05, 0) is 31.9 Å². The van der Waals surface area contributed by atoms with Gasteiger partial charge in [-0.25, -0.2) is 0 Å². The summed E-state index contributed by atoms with van der Waals surface area (Å²) >= 11 is 3.86. The summed E-state index contributed by atoms with van der Waals surface area (Å²) in [5, 5.41) is 0. The van der Waals surface area contributed by atoms with Crippen LogP contribution in [0.15, 0.2) is 0 Å². The molecule has 0 radical (unpaired) electrons. The van der Waals surface area contributed by atoms with Gasteiger partial charge in [-0.1, -0.05) is 0 Å². The van der Waals surface area contributed by atoms with Gasteiger partial charge in [0.1, 0.15) is 13.2 Å². The van der Waals surface area contributed by atoms with Gasteiger partial charge in [-0.15, -0.1) is 0 Å². The summed E-state index contributed by atoms with van der Waals surface area (Å²) < 4.78 is 51.3. The highest BCUT2D eigenvalue weighted by molar-refractivity contribution is 9.10. The van der Waals surface area contributed by atoms with Gasteiger partial charge in [0.05, 0.1) is 0 Å². The Bertz CT molecular complexity index is 104. The predicted octanol–water partition coefficient (Wildman–Crippen LogP) is 2.98. The molecule has 11 heavy (non-hydrogen) atoms. The molecule has 1 nitrogen and oxygen atoms in total. The molecule has 0 amide bonds. The molecule has 0 spiro atoms. The van der Waals surface area contributed by atoms with E-state index in [4.69, 9.17) is 0 Å². The van der Waals surface area contributed by atoms with Crippen LogP contribution >= 0.6 is 31.9 Å². The Kier molecular flexibility index (Phi) is 4.28. The SMILES string of the molecule is FC(F)(Br)COCC(F)(F)Br. The van der Waals surface area contributed by atoms with Gasteiger partial charge < -0.3 is 4.74 Å². The molecule has 0 aliphatic carbocycles. The maximum absolute atomic E-state index is 11.8. The van der Waals surface area contributed by atoms with Crippen molar-refractivity contribution in [2.24, 2.45) is 0 Å². The number of alkyl halides is 6.